The van der Waals surface area contributed by atoms with Crippen LogP contribution in [0.25, 0.3) is 5.70 Å². The number of esters is 1. The zero-order valence-corrected chi connectivity index (χ0v) is 24.2. The fourth-order valence-corrected chi connectivity index (χ4v) is 4.37. The van der Waals surface area contributed by atoms with Gasteiger partial charge >= 0.3 is 5.97 Å². The van der Waals surface area contributed by atoms with Crippen LogP contribution in [-0.2, 0) is 11.2 Å². The molecule has 0 bridgehead atoms. The second-order valence-corrected chi connectivity index (χ2v) is 10.2. The minimum atomic E-state index is -0.347. The molecule has 0 aliphatic carbocycles. The number of benzene rings is 3. The molecule has 0 unspecified atom stereocenters. The molecule has 3 aromatic carbocycles. The largest absolute Gasteiger partial charge is 0.489 e. The fourth-order valence-electron chi connectivity index (χ4n) is 4.15. The number of carbonyl (C=O) groups is 2. The molecule has 8 heteroatoms. The van der Waals surface area contributed by atoms with Gasteiger partial charge in [0.15, 0.2) is 0 Å². The number of anilines is 1. The predicted molar refractivity (Wildman–Crippen MR) is 160 cm³/mol. The lowest BCUT2D eigenvalue weighted by atomic mass is 10.0. The Morgan fingerprint density at radius 2 is 1.68 bits per heavy atom. The quantitative estimate of drug-likeness (QED) is 0.207. The molecule has 1 amide bonds. The molecule has 0 saturated heterocycles. The van der Waals surface area contributed by atoms with Crippen molar-refractivity contribution in [2.24, 2.45) is 0 Å². The highest BCUT2D eigenvalue weighted by Gasteiger charge is 2.16. The monoisotopic (exact) mass is 564 g/mol. The van der Waals surface area contributed by atoms with E-state index in [1.807, 2.05) is 51.1 Å². The van der Waals surface area contributed by atoms with Crippen LogP contribution in [-0.4, -0.2) is 42.3 Å². The third-order valence-corrected chi connectivity index (χ3v) is 6.47. The van der Waals surface area contributed by atoms with E-state index < -0.39 is 0 Å². The average Bonchev–Trinajstić information content (AvgIpc) is 2.91. The van der Waals surface area contributed by atoms with Gasteiger partial charge in [-0.2, -0.15) is 0 Å². The van der Waals surface area contributed by atoms with Crippen molar-refractivity contribution in [3.05, 3.63) is 100 Å². The maximum absolute atomic E-state index is 12.9. The fraction of sp³-hybridized carbons (Fsp3) is 0.312. The van der Waals surface area contributed by atoms with E-state index in [4.69, 9.17) is 21.1 Å². The molecule has 0 radical (unpaired) electrons. The number of amides is 1. The van der Waals surface area contributed by atoms with E-state index in [-0.39, 0.29) is 30.6 Å². The third-order valence-electron chi connectivity index (χ3n) is 6.18. The van der Waals surface area contributed by atoms with Gasteiger partial charge in [-0.15, -0.1) is 0 Å². The van der Waals surface area contributed by atoms with Crippen molar-refractivity contribution >= 4 is 34.9 Å². The Morgan fingerprint density at radius 3 is 2.27 bits per heavy atom. The molecule has 3 aromatic rings. The first kappa shape index (κ1) is 30.7. The summed E-state index contributed by atoms with van der Waals surface area (Å²) in [5.41, 5.74) is 5.28. The topological polar surface area (TPSA) is 96.9 Å². The lowest BCUT2D eigenvalue weighted by molar-refractivity contribution is 0.0526. The highest BCUT2D eigenvalue weighted by atomic mass is 35.5. The summed E-state index contributed by atoms with van der Waals surface area (Å²) in [6.07, 6.45) is 0.924. The van der Waals surface area contributed by atoms with Crippen LogP contribution in [0.2, 0.25) is 5.02 Å². The van der Waals surface area contributed by atoms with E-state index in [1.165, 1.54) is 0 Å². The number of aliphatic hydroxyl groups is 1. The number of carbonyl (C=O) groups excluding carboxylic acids is 2. The van der Waals surface area contributed by atoms with Crippen molar-refractivity contribution in [3.8, 4) is 5.75 Å². The molecule has 1 atom stereocenters. The van der Waals surface area contributed by atoms with Crippen LogP contribution >= 0.6 is 11.6 Å². The van der Waals surface area contributed by atoms with E-state index >= 15 is 0 Å². The number of hydrogen-bond donors (Lipinski definition) is 3. The Kier molecular flexibility index (Phi) is 11.2. The molecule has 0 saturated carbocycles. The molecule has 40 heavy (non-hydrogen) atoms. The standard InChI is InChI=1S/C32H37ClN2O5/c1-6-39-32(38)26-11-13-29(21(4)17-26)34-22(5)24-9-7-23(8-10-24)18-27(15-16-36)35-31(37)25-12-14-30(28(33)19-25)40-20(2)3/h7-14,17,19-20,27,34,36H,5-6,15-16,18H2,1-4H3,(H,35,37)/t27-/m1/s1. The molecule has 3 rings (SSSR count). The number of rotatable bonds is 13. The molecular weight excluding hydrogens is 528 g/mol. The van der Waals surface area contributed by atoms with Crippen molar-refractivity contribution in [2.45, 2.75) is 52.7 Å². The molecule has 0 aromatic heterocycles. The van der Waals surface area contributed by atoms with Crippen molar-refractivity contribution in [1.82, 2.24) is 5.32 Å². The normalized spacial score (nSPS) is 11.6. The molecule has 0 heterocycles. The zero-order chi connectivity index (χ0) is 29.2. The Bertz CT molecular complexity index is 1340. The van der Waals surface area contributed by atoms with E-state index in [0.29, 0.717) is 47.0 Å². The Morgan fingerprint density at radius 1 is 1.00 bits per heavy atom. The number of aryl methyl sites for hydroxylation is 1. The summed E-state index contributed by atoms with van der Waals surface area (Å²) in [5, 5.41) is 16.3. The maximum Gasteiger partial charge on any atom is 0.338 e. The van der Waals surface area contributed by atoms with Gasteiger partial charge in [0.2, 0.25) is 0 Å². The molecule has 0 aliphatic rings. The van der Waals surface area contributed by atoms with Crippen LogP contribution in [0.3, 0.4) is 0 Å². The van der Waals surface area contributed by atoms with Crippen LogP contribution in [0.5, 0.6) is 5.75 Å². The molecule has 0 spiro atoms. The smallest absolute Gasteiger partial charge is 0.338 e. The molecule has 0 fully saturated rings. The van der Waals surface area contributed by atoms with Crippen LogP contribution in [0.4, 0.5) is 5.69 Å². The van der Waals surface area contributed by atoms with Gasteiger partial charge in [0.1, 0.15) is 5.75 Å². The molecule has 212 valence electrons. The van der Waals surface area contributed by atoms with E-state index in [1.54, 1.807) is 37.3 Å². The Balaban J connectivity index is 1.63. The van der Waals surface area contributed by atoms with Gasteiger partial charge in [-0.05, 0) is 93.6 Å². The summed E-state index contributed by atoms with van der Waals surface area (Å²) < 4.78 is 10.7. The molecular formula is C32H37ClN2O5. The zero-order valence-electron chi connectivity index (χ0n) is 23.4. The van der Waals surface area contributed by atoms with E-state index in [2.05, 4.69) is 17.2 Å². The first-order chi connectivity index (χ1) is 19.1. The van der Waals surface area contributed by atoms with Gasteiger partial charge < -0.3 is 25.2 Å². The third kappa shape index (κ3) is 8.60. The summed E-state index contributed by atoms with van der Waals surface area (Å²) in [4.78, 5) is 24.9. The minimum absolute atomic E-state index is 0.0288. The SMILES string of the molecule is C=C(Nc1ccc(C(=O)OCC)cc1C)c1ccc(C[C@@H](CCO)NC(=O)c2ccc(OC(C)C)c(Cl)c2)cc1. The van der Waals surface area contributed by atoms with Gasteiger partial charge in [-0.1, -0.05) is 42.4 Å². The van der Waals surface area contributed by atoms with Gasteiger partial charge in [0.25, 0.3) is 5.91 Å². The van der Waals surface area contributed by atoms with Gasteiger partial charge in [0.05, 0.1) is 23.3 Å². The van der Waals surface area contributed by atoms with Crippen LogP contribution < -0.4 is 15.4 Å². The minimum Gasteiger partial charge on any atom is -0.489 e. The van der Waals surface area contributed by atoms with Crippen molar-refractivity contribution in [3.63, 3.8) is 0 Å². The van der Waals surface area contributed by atoms with Crippen molar-refractivity contribution < 1.29 is 24.2 Å². The van der Waals surface area contributed by atoms with Crippen LogP contribution in [0, 0.1) is 6.92 Å². The van der Waals surface area contributed by atoms with E-state index in [0.717, 1.165) is 22.4 Å². The van der Waals surface area contributed by atoms with Crippen LogP contribution in [0.1, 0.15) is 64.6 Å². The van der Waals surface area contributed by atoms with Crippen molar-refractivity contribution in [1.29, 1.82) is 0 Å². The van der Waals surface area contributed by atoms with Crippen LogP contribution in [0.15, 0.2) is 67.2 Å². The number of halogens is 1. The maximum atomic E-state index is 12.9. The average molecular weight is 565 g/mol. The summed E-state index contributed by atoms with van der Waals surface area (Å²) in [5.74, 6) is -0.0877. The lowest BCUT2D eigenvalue weighted by Gasteiger charge is -2.19. The highest BCUT2D eigenvalue weighted by Crippen LogP contribution is 2.27. The van der Waals surface area contributed by atoms with Gasteiger partial charge in [-0.3, -0.25) is 4.79 Å². The lowest BCUT2D eigenvalue weighted by Crippen LogP contribution is -2.37. The second-order valence-electron chi connectivity index (χ2n) is 9.75. The predicted octanol–water partition coefficient (Wildman–Crippen LogP) is 6.42. The number of hydrogen-bond acceptors (Lipinski definition) is 6. The number of ether oxygens (including phenoxy) is 2. The summed E-state index contributed by atoms with van der Waals surface area (Å²) in [7, 11) is 0. The second kappa shape index (κ2) is 14.5. The molecule has 3 N–H and O–H groups in total. The number of aliphatic hydroxyl groups excluding tert-OH is 1. The van der Waals surface area contributed by atoms with Crippen molar-refractivity contribution in [2.75, 3.05) is 18.5 Å². The summed E-state index contributed by atoms with van der Waals surface area (Å²) >= 11 is 6.30. The summed E-state index contributed by atoms with van der Waals surface area (Å²) in [6.45, 7) is 11.9. The Labute approximate surface area is 241 Å². The first-order valence-electron chi connectivity index (χ1n) is 13.3. The van der Waals surface area contributed by atoms with E-state index in [9.17, 15) is 14.7 Å². The van der Waals surface area contributed by atoms with Gasteiger partial charge in [0, 0.05) is 29.6 Å². The first-order valence-corrected chi connectivity index (χ1v) is 13.7. The Hall–Kier alpha value is -3.81. The molecule has 7 nitrogen and oxygen atoms in total. The number of nitrogens with one attached hydrogen (secondary N) is 2. The molecule has 0 aliphatic heterocycles. The van der Waals surface area contributed by atoms with Gasteiger partial charge in [-0.25, -0.2) is 4.79 Å². The highest BCUT2D eigenvalue weighted by molar-refractivity contribution is 6.32. The summed E-state index contributed by atoms with van der Waals surface area (Å²) in [6, 6.07) is 17.9.